The molecule has 0 spiro atoms. The van der Waals surface area contributed by atoms with Gasteiger partial charge in [0.05, 0.1) is 38.5 Å². The third-order valence-electron chi connectivity index (χ3n) is 3.65. The molecule has 0 N–H and O–H groups in total. The third-order valence-corrected chi connectivity index (χ3v) is 3.95. The number of carbonyl (C=O) groups excluding carboxylic acids is 1. The number of hydrogen-bond donors (Lipinski definition) is 0. The summed E-state index contributed by atoms with van der Waals surface area (Å²) < 4.78 is 21.2. The van der Waals surface area contributed by atoms with E-state index in [9.17, 15) is 4.79 Å². The van der Waals surface area contributed by atoms with Gasteiger partial charge in [-0.05, 0) is 36.8 Å². The van der Waals surface area contributed by atoms with Crippen LogP contribution in [0.25, 0.3) is 6.08 Å². The number of ether oxygens (including phenoxy) is 4. The first-order chi connectivity index (χ1) is 12.5. The Bertz CT molecular complexity index is 814. The van der Waals surface area contributed by atoms with E-state index >= 15 is 0 Å². The van der Waals surface area contributed by atoms with Gasteiger partial charge in [0.15, 0.2) is 17.3 Å². The van der Waals surface area contributed by atoms with Crippen molar-refractivity contribution in [2.45, 2.75) is 6.92 Å². The van der Waals surface area contributed by atoms with E-state index in [-0.39, 0.29) is 5.78 Å². The van der Waals surface area contributed by atoms with Gasteiger partial charge in [-0.15, -0.1) is 0 Å². The molecule has 2 aromatic rings. The predicted molar refractivity (Wildman–Crippen MR) is 102 cm³/mol. The fraction of sp³-hybridized carbons (Fsp3) is 0.250. The third kappa shape index (κ3) is 4.49. The van der Waals surface area contributed by atoms with Gasteiger partial charge in [-0.25, -0.2) is 0 Å². The number of allylic oxidation sites excluding steroid dienone is 1. The lowest BCUT2D eigenvalue weighted by atomic mass is 10.1. The highest BCUT2D eigenvalue weighted by Crippen LogP contribution is 2.33. The van der Waals surface area contributed by atoms with E-state index < -0.39 is 0 Å². The zero-order valence-electron chi connectivity index (χ0n) is 15.2. The Balaban J connectivity index is 2.28. The lowest BCUT2D eigenvalue weighted by Gasteiger charge is -2.10. The molecule has 0 saturated heterocycles. The molecule has 0 saturated carbocycles. The molecule has 138 valence electrons. The van der Waals surface area contributed by atoms with Crippen LogP contribution >= 0.6 is 11.6 Å². The summed E-state index contributed by atoms with van der Waals surface area (Å²) in [6, 6.07) is 8.56. The number of rotatable bonds is 8. The van der Waals surface area contributed by atoms with Crippen LogP contribution in [-0.4, -0.2) is 33.7 Å². The SMILES string of the molecule is CCOc1ccc(/C=C/C(=O)c2cc(Cl)c(OC)cc2OC)cc1OC. The molecule has 26 heavy (non-hydrogen) atoms. The monoisotopic (exact) mass is 376 g/mol. The molecule has 0 aliphatic carbocycles. The van der Waals surface area contributed by atoms with Crippen LogP contribution in [0.5, 0.6) is 23.0 Å². The maximum atomic E-state index is 12.6. The normalized spacial score (nSPS) is 10.7. The van der Waals surface area contributed by atoms with Gasteiger partial charge in [0, 0.05) is 6.07 Å². The average molecular weight is 377 g/mol. The van der Waals surface area contributed by atoms with Crippen LogP contribution < -0.4 is 18.9 Å². The Morgan fingerprint density at radius 2 is 1.65 bits per heavy atom. The molecule has 0 aliphatic rings. The summed E-state index contributed by atoms with van der Waals surface area (Å²) in [6.07, 6.45) is 3.15. The lowest BCUT2D eigenvalue weighted by Crippen LogP contribution is -2.00. The molecule has 2 rings (SSSR count). The lowest BCUT2D eigenvalue weighted by molar-refractivity contribution is 0.104. The molecule has 0 unspecified atom stereocenters. The van der Waals surface area contributed by atoms with E-state index in [2.05, 4.69) is 0 Å². The second-order valence-electron chi connectivity index (χ2n) is 5.23. The van der Waals surface area contributed by atoms with Crippen LogP contribution in [0.3, 0.4) is 0 Å². The number of halogens is 1. The van der Waals surface area contributed by atoms with Gasteiger partial charge in [-0.3, -0.25) is 4.79 Å². The minimum Gasteiger partial charge on any atom is -0.496 e. The first-order valence-electron chi connectivity index (χ1n) is 7.98. The van der Waals surface area contributed by atoms with Gasteiger partial charge in [0.1, 0.15) is 11.5 Å². The number of ketones is 1. The second kappa shape index (κ2) is 9.15. The fourth-order valence-corrected chi connectivity index (χ4v) is 2.62. The highest BCUT2D eigenvalue weighted by Gasteiger charge is 2.14. The largest absolute Gasteiger partial charge is 0.496 e. The van der Waals surface area contributed by atoms with E-state index in [1.165, 1.54) is 26.4 Å². The highest BCUT2D eigenvalue weighted by molar-refractivity contribution is 6.32. The molecule has 0 atom stereocenters. The zero-order chi connectivity index (χ0) is 19.1. The van der Waals surface area contributed by atoms with Crippen molar-refractivity contribution in [1.29, 1.82) is 0 Å². The number of hydrogen-bond acceptors (Lipinski definition) is 5. The second-order valence-corrected chi connectivity index (χ2v) is 5.64. The quantitative estimate of drug-likeness (QED) is 0.495. The van der Waals surface area contributed by atoms with Crippen LogP contribution in [0.15, 0.2) is 36.4 Å². The van der Waals surface area contributed by atoms with E-state index in [4.69, 9.17) is 30.5 Å². The Morgan fingerprint density at radius 1 is 0.962 bits per heavy atom. The van der Waals surface area contributed by atoms with Crippen molar-refractivity contribution >= 4 is 23.5 Å². The van der Waals surface area contributed by atoms with Crippen LogP contribution in [0.4, 0.5) is 0 Å². The molecule has 0 aliphatic heterocycles. The molecule has 6 heteroatoms. The van der Waals surface area contributed by atoms with Crippen molar-refractivity contribution in [3.8, 4) is 23.0 Å². The van der Waals surface area contributed by atoms with Crippen LogP contribution in [-0.2, 0) is 0 Å². The van der Waals surface area contributed by atoms with Crippen molar-refractivity contribution in [2.24, 2.45) is 0 Å². The van der Waals surface area contributed by atoms with Crippen molar-refractivity contribution in [3.63, 3.8) is 0 Å². The smallest absolute Gasteiger partial charge is 0.189 e. The molecule has 0 heterocycles. The van der Waals surface area contributed by atoms with Gasteiger partial charge in [0.2, 0.25) is 0 Å². The minimum atomic E-state index is -0.237. The summed E-state index contributed by atoms with van der Waals surface area (Å²) in [5, 5.41) is 0.341. The van der Waals surface area contributed by atoms with Crippen molar-refractivity contribution in [3.05, 3.63) is 52.6 Å². The summed E-state index contributed by atoms with van der Waals surface area (Å²) in [4.78, 5) is 12.6. The molecule has 0 amide bonds. The summed E-state index contributed by atoms with van der Waals surface area (Å²) in [5.74, 6) is 1.86. The summed E-state index contributed by atoms with van der Waals surface area (Å²) >= 11 is 6.12. The van der Waals surface area contributed by atoms with Crippen molar-refractivity contribution in [1.82, 2.24) is 0 Å². The van der Waals surface area contributed by atoms with E-state index in [1.807, 2.05) is 13.0 Å². The minimum absolute atomic E-state index is 0.237. The Hall–Kier alpha value is -2.66. The average Bonchev–Trinajstić information content (AvgIpc) is 2.66. The van der Waals surface area contributed by atoms with Crippen molar-refractivity contribution < 1.29 is 23.7 Å². The van der Waals surface area contributed by atoms with Gasteiger partial charge < -0.3 is 18.9 Å². The maximum Gasteiger partial charge on any atom is 0.189 e. The van der Waals surface area contributed by atoms with Crippen LogP contribution in [0.2, 0.25) is 5.02 Å². The molecular weight excluding hydrogens is 356 g/mol. The van der Waals surface area contributed by atoms with Crippen LogP contribution in [0.1, 0.15) is 22.8 Å². The predicted octanol–water partition coefficient (Wildman–Crippen LogP) is 4.66. The molecular formula is C20H21ClO5. The molecule has 0 radical (unpaired) electrons. The van der Waals surface area contributed by atoms with E-state index in [0.717, 1.165) is 5.56 Å². The Labute approximate surface area is 158 Å². The van der Waals surface area contributed by atoms with E-state index in [0.29, 0.717) is 40.2 Å². The number of methoxy groups -OCH3 is 3. The van der Waals surface area contributed by atoms with E-state index in [1.54, 1.807) is 31.4 Å². The summed E-state index contributed by atoms with van der Waals surface area (Å²) in [7, 11) is 4.56. The number of benzene rings is 2. The molecule has 2 aromatic carbocycles. The fourth-order valence-electron chi connectivity index (χ4n) is 2.38. The number of carbonyl (C=O) groups is 1. The Morgan fingerprint density at radius 3 is 2.27 bits per heavy atom. The molecule has 0 aromatic heterocycles. The highest BCUT2D eigenvalue weighted by atomic mass is 35.5. The van der Waals surface area contributed by atoms with Crippen LogP contribution in [0, 0.1) is 0 Å². The maximum absolute atomic E-state index is 12.6. The zero-order valence-corrected chi connectivity index (χ0v) is 15.9. The summed E-state index contributed by atoms with van der Waals surface area (Å²) in [6.45, 7) is 2.45. The van der Waals surface area contributed by atoms with Gasteiger partial charge >= 0.3 is 0 Å². The molecule has 0 bridgehead atoms. The first-order valence-corrected chi connectivity index (χ1v) is 8.36. The van der Waals surface area contributed by atoms with Crippen molar-refractivity contribution in [2.75, 3.05) is 27.9 Å². The van der Waals surface area contributed by atoms with Gasteiger partial charge in [0.25, 0.3) is 0 Å². The topological polar surface area (TPSA) is 54.0 Å². The standard InChI is InChI=1S/C20H21ClO5/c1-5-26-17-9-7-13(10-20(17)25-4)6-8-16(22)14-11-15(21)19(24-3)12-18(14)23-2/h6-12H,5H2,1-4H3/b8-6+. The van der Waals surface area contributed by atoms with Gasteiger partial charge in [-0.2, -0.15) is 0 Å². The Kier molecular flexibility index (Phi) is 6.92. The summed E-state index contributed by atoms with van der Waals surface area (Å²) in [5.41, 5.74) is 1.16. The molecule has 0 fully saturated rings. The first kappa shape index (κ1) is 19.7. The van der Waals surface area contributed by atoms with Gasteiger partial charge in [-0.1, -0.05) is 23.7 Å². The molecule has 5 nitrogen and oxygen atoms in total.